The molecule has 2 aromatic rings. The first-order valence-corrected chi connectivity index (χ1v) is 13.0. The molecule has 0 bridgehead atoms. The number of hydrogen-bond donors (Lipinski definition) is 0. The topological polar surface area (TPSA) is 74.8 Å². The summed E-state index contributed by atoms with van der Waals surface area (Å²) in [6.45, 7) is 1.41. The third-order valence-corrected chi connectivity index (χ3v) is 8.53. The van der Waals surface area contributed by atoms with Crippen molar-refractivity contribution >= 4 is 33.0 Å². The Morgan fingerprint density at radius 1 is 1.17 bits per heavy atom. The highest BCUT2D eigenvalue weighted by Crippen LogP contribution is 2.27. The second kappa shape index (κ2) is 8.89. The molecule has 2 aliphatic heterocycles. The van der Waals surface area contributed by atoms with Crippen molar-refractivity contribution in [2.75, 3.05) is 24.6 Å². The van der Waals surface area contributed by atoms with Crippen LogP contribution in [0.3, 0.4) is 0 Å². The van der Waals surface area contributed by atoms with Gasteiger partial charge in [0.15, 0.2) is 9.84 Å². The zero-order chi connectivity index (χ0) is 21.1. The van der Waals surface area contributed by atoms with Crippen LogP contribution in [0.4, 0.5) is 0 Å². The molecule has 3 heterocycles. The van der Waals surface area contributed by atoms with E-state index < -0.39 is 15.8 Å². The van der Waals surface area contributed by atoms with Crippen molar-refractivity contribution in [3.05, 3.63) is 58.3 Å². The fourth-order valence-electron chi connectivity index (χ4n) is 4.28. The Morgan fingerprint density at radius 3 is 2.63 bits per heavy atom. The van der Waals surface area contributed by atoms with Gasteiger partial charge in [0.2, 0.25) is 11.8 Å². The molecule has 1 aromatic carbocycles. The normalized spacial score (nSPS) is 23.1. The van der Waals surface area contributed by atoms with Crippen molar-refractivity contribution in [1.82, 2.24) is 9.80 Å². The van der Waals surface area contributed by atoms with Gasteiger partial charge in [0.05, 0.1) is 24.0 Å². The molecule has 0 spiro atoms. The molecule has 30 heavy (non-hydrogen) atoms. The van der Waals surface area contributed by atoms with Crippen LogP contribution in [0.1, 0.15) is 23.3 Å². The number of benzene rings is 1. The van der Waals surface area contributed by atoms with E-state index in [0.717, 1.165) is 16.9 Å². The van der Waals surface area contributed by atoms with Gasteiger partial charge in [-0.2, -0.15) is 0 Å². The molecule has 6 nitrogen and oxygen atoms in total. The molecule has 0 N–H and O–H groups in total. The van der Waals surface area contributed by atoms with Gasteiger partial charge in [0, 0.05) is 30.4 Å². The molecule has 0 saturated carbocycles. The molecule has 160 valence electrons. The fourth-order valence-corrected chi connectivity index (χ4v) is 6.71. The number of hydrogen-bond acceptors (Lipinski definition) is 5. The number of carbonyl (C=O) groups excluding carboxylic acids is 2. The molecule has 2 amide bonds. The molecule has 2 atom stereocenters. The van der Waals surface area contributed by atoms with Gasteiger partial charge in [0.1, 0.15) is 0 Å². The summed E-state index contributed by atoms with van der Waals surface area (Å²) in [5.41, 5.74) is 1.16. The van der Waals surface area contributed by atoms with Crippen LogP contribution in [0.25, 0.3) is 0 Å². The molecule has 2 saturated heterocycles. The van der Waals surface area contributed by atoms with Crippen molar-refractivity contribution in [3.63, 3.8) is 0 Å². The minimum absolute atomic E-state index is 0.000557. The van der Waals surface area contributed by atoms with Crippen molar-refractivity contribution < 1.29 is 18.0 Å². The van der Waals surface area contributed by atoms with Crippen LogP contribution in [0.2, 0.25) is 0 Å². The van der Waals surface area contributed by atoms with E-state index in [4.69, 9.17) is 0 Å². The lowest BCUT2D eigenvalue weighted by Crippen LogP contribution is -2.44. The summed E-state index contributed by atoms with van der Waals surface area (Å²) in [6.07, 6.45) is 1.43. The zero-order valence-corrected chi connectivity index (χ0v) is 18.4. The summed E-state index contributed by atoms with van der Waals surface area (Å²) in [5, 5.41) is 1.95. The van der Waals surface area contributed by atoms with E-state index in [1.165, 1.54) is 0 Å². The van der Waals surface area contributed by atoms with Gasteiger partial charge in [-0.25, -0.2) is 8.42 Å². The smallest absolute Gasteiger partial charge is 0.228 e. The number of rotatable bonds is 7. The highest BCUT2D eigenvalue weighted by atomic mass is 32.2. The van der Waals surface area contributed by atoms with E-state index in [1.54, 1.807) is 21.1 Å². The van der Waals surface area contributed by atoms with Crippen LogP contribution < -0.4 is 0 Å². The number of thiophene rings is 1. The van der Waals surface area contributed by atoms with Crippen molar-refractivity contribution in [2.45, 2.75) is 31.8 Å². The standard InChI is InChI=1S/C22H26N2O4S2/c25-21-13-18(14-23(21)10-8-17-5-2-1-3-6-17)22(26)24(15-20-7-4-11-29-20)19-9-12-30(27,28)16-19/h1-7,11,18-19H,8-10,12-16H2. The van der Waals surface area contributed by atoms with Crippen LogP contribution in [-0.2, 0) is 32.4 Å². The summed E-state index contributed by atoms with van der Waals surface area (Å²) < 4.78 is 24.0. The van der Waals surface area contributed by atoms with E-state index in [9.17, 15) is 18.0 Å². The van der Waals surface area contributed by atoms with Crippen LogP contribution in [-0.4, -0.2) is 60.7 Å². The van der Waals surface area contributed by atoms with Crippen LogP contribution in [0, 0.1) is 5.92 Å². The summed E-state index contributed by atoms with van der Waals surface area (Å²) in [6, 6.07) is 13.6. The number of amides is 2. The van der Waals surface area contributed by atoms with E-state index in [2.05, 4.69) is 0 Å². The first kappa shape index (κ1) is 21.1. The average Bonchev–Trinajstić information content (AvgIpc) is 3.45. The number of carbonyl (C=O) groups is 2. The Bertz CT molecular complexity index is 989. The van der Waals surface area contributed by atoms with Gasteiger partial charge in [-0.15, -0.1) is 11.3 Å². The van der Waals surface area contributed by atoms with Gasteiger partial charge in [0.25, 0.3) is 0 Å². The zero-order valence-electron chi connectivity index (χ0n) is 16.8. The highest BCUT2D eigenvalue weighted by Gasteiger charge is 2.41. The predicted octanol–water partition coefficient (Wildman–Crippen LogP) is 2.35. The van der Waals surface area contributed by atoms with E-state index in [1.807, 2.05) is 47.8 Å². The second-order valence-electron chi connectivity index (χ2n) is 8.08. The molecule has 4 rings (SSSR count). The van der Waals surface area contributed by atoms with Gasteiger partial charge in [-0.3, -0.25) is 9.59 Å². The Balaban J connectivity index is 1.44. The van der Waals surface area contributed by atoms with Crippen LogP contribution in [0.5, 0.6) is 0 Å². The average molecular weight is 447 g/mol. The largest absolute Gasteiger partial charge is 0.342 e. The third-order valence-electron chi connectivity index (χ3n) is 5.92. The molecule has 2 aliphatic rings. The van der Waals surface area contributed by atoms with Crippen molar-refractivity contribution in [2.24, 2.45) is 5.92 Å². The second-order valence-corrected chi connectivity index (χ2v) is 11.3. The summed E-state index contributed by atoms with van der Waals surface area (Å²) in [4.78, 5) is 30.4. The first-order chi connectivity index (χ1) is 14.4. The molecule has 2 unspecified atom stereocenters. The number of likely N-dealkylation sites (tertiary alicyclic amines) is 1. The van der Waals surface area contributed by atoms with E-state index in [-0.39, 0.29) is 35.8 Å². The van der Waals surface area contributed by atoms with E-state index in [0.29, 0.717) is 26.1 Å². The monoisotopic (exact) mass is 446 g/mol. The highest BCUT2D eigenvalue weighted by molar-refractivity contribution is 7.91. The summed E-state index contributed by atoms with van der Waals surface area (Å²) in [7, 11) is -3.11. The Morgan fingerprint density at radius 2 is 1.97 bits per heavy atom. The molecule has 0 aliphatic carbocycles. The predicted molar refractivity (Wildman–Crippen MR) is 117 cm³/mol. The summed E-state index contributed by atoms with van der Waals surface area (Å²) >= 11 is 1.56. The van der Waals surface area contributed by atoms with Gasteiger partial charge >= 0.3 is 0 Å². The lowest BCUT2D eigenvalue weighted by molar-refractivity contribution is -0.138. The van der Waals surface area contributed by atoms with Crippen molar-refractivity contribution in [3.8, 4) is 0 Å². The Hall–Kier alpha value is -2.19. The molecule has 2 fully saturated rings. The number of sulfone groups is 1. The van der Waals surface area contributed by atoms with E-state index >= 15 is 0 Å². The SMILES string of the molecule is O=C1CC(C(=O)N(Cc2cccs2)C2CCS(=O)(=O)C2)CN1CCc1ccccc1. The quantitative estimate of drug-likeness (QED) is 0.654. The van der Waals surface area contributed by atoms with Gasteiger partial charge < -0.3 is 9.80 Å². The lowest BCUT2D eigenvalue weighted by Gasteiger charge is -2.30. The third kappa shape index (κ3) is 4.92. The van der Waals surface area contributed by atoms with Crippen molar-refractivity contribution in [1.29, 1.82) is 0 Å². The van der Waals surface area contributed by atoms with Gasteiger partial charge in [-0.05, 0) is 29.9 Å². The Labute approximate surface area is 181 Å². The maximum absolute atomic E-state index is 13.4. The molecular formula is C22H26N2O4S2. The first-order valence-electron chi connectivity index (χ1n) is 10.3. The fraction of sp³-hybridized carbons (Fsp3) is 0.455. The molecule has 8 heteroatoms. The number of nitrogens with zero attached hydrogens (tertiary/aromatic N) is 2. The molecular weight excluding hydrogens is 420 g/mol. The minimum atomic E-state index is -3.11. The maximum Gasteiger partial charge on any atom is 0.228 e. The van der Waals surface area contributed by atoms with Crippen LogP contribution in [0.15, 0.2) is 47.8 Å². The maximum atomic E-state index is 13.4. The lowest BCUT2D eigenvalue weighted by atomic mass is 10.0. The molecule has 1 aromatic heterocycles. The molecule has 0 radical (unpaired) electrons. The summed E-state index contributed by atoms with van der Waals surface area (Å²) in [5.74, 6) is -0.363. The van der Waals surface area contributed by atoms with Gasteiger partial charge in [-0.1, -0.05) is 36.4 Å². The van der Waals surface area contributed by atoms with Crippen LogP contribution >= 0.6 is 11.3 Å². The minimum Gasteiger partial charge on any atom is -0.342 e. The Kier molecular flexibility index (Phi) is 6.24.